The Morgan fingerprint density at radius 3 is 2.72 bits per heavy atom. The van der Waals surface area contributed by atoms with Gasteiger partial charge in [-0.25, -0.2) is 9.18 Å². The van der Waals surface area contributed by atoms with Gasteiger partial charge < -0.3 is 20.1 Å². The third kappa shape index (κ3) is 4.46. The fourth-order valence-electron chi connectivity index (χ4n) is 2.86. The fourth-order valence-corrected chi connectivity index (χ4v) is 2.86. The molecule has 2 N–H and O–H groups in total. The van der Waals surface area contributed by atoms with Gasteiger partial charge in [0.05, 0.1) is 5.92 Å². The second-order valence-electron chi connectivity index (χ2n) is 6.01. The van der Waals surface area contributed by atoms with Crippen molar-refractivity contribution >= 4 is 17.8 Å². The second-order valence-corrected chi connectivity index (χ2v) is 6.01. The first-order chi connectivity index (χ1) is 11.8. The van der Waals surface area contributed by atoms with Crippen molar-refractivity contribution in [2.75, 3.05) is 20.2 Å². The summed E-state index contributed by atoms with van der Waals surface area (Å²) in [7, 11) is 1.49. The highest BCUT2D eigenvalue weighted by Gasteiger charge is 2.38. The molecule has 2 rings (SSSR count). The number of carbonyl (C=O) groups is 3. The van der Waals surface area contributed by atoms with Crippen molar-refractivity contribution in [3.8, 4) is 5.75 Å². The molecular weight excluding hydrogens is 331 g/mol. The molecule has 0 radical (unpaired) electrons. The topological polar surface area (TPSA) is 95.9 Å². The van der Waals surface area contributed by atoms with Crippen molar-refractivity contribution < 1.29 is 28.6 Å². The summed E-state index contributed by atoms with van der Waals surface area (Å²) in [6, 6.07) is 3.25. The van der Waals surface area contributed by atoms with Gasteiger partial charge in [0, 0.05) is 13.6 Å². The average Bonchev–Trinajstić information content (AvgIpc) is 2.60. The number of amides is 2. The Morgan fingerprint density at radius 2 is 2.08 bits per heavy atom. The highest BCUT2D eigenvalue weighted by molar-refractivity contribution is 5.86. The molecule has 0 aliphatic carbocycles. The van der Waals surface area contributed by atoms with E-state index in [9.17, 15) is 23.9 Å². The van der Waals surface area contributed by atoms with E-state index in [0.717, 1.165) is 10.5 Å². The molecule has 0 unspecified atom stereocenters. The van der Waals surface area contributed by atoms with Crippen molar-refractivity contribution in [3.05, 3.63) is 29.6 Å². The van der Waals surface area contributed by atoms with Gasteiger partial charge in [-0.05, 0) is 37.5 Å². The van der Waals surface area contributed by atoms with E-state index in [0.29, 0.717) is 6.42 Å². The van der Waals surface area contributed by atoms with E-state index < -0.39 is 36.3 Å². The zero-order valence-electron chi connectivity index (χ0n) is 14.1. The maximum atomic E-state index is 13.7. The van der Waals surface area contributed by atoms with Crippen LogP contribution >= 0.6 is 0 Å². The first-order valence-electron chi connectivity index (χ1n) is 7.96. The Labute approximate surface area is 144 Å². The quantitative estimate of drug-likeness (QED) is 0.823. The van der Waals surface area contributed by atoms with Crippen LogP contribution in [0, 0.1) is 18.7 Å². The SMILES string of the molecule is CNC(=O)[C@H]1CC[C@@H](C(=O)O)N(C(=O)COc2cc(C)ccc2F)C1. The van der Waals surface area contributed by atoms with Crippen molar-refractivity contribution in [2.24, 2.45) is 5.92 Å². The number of aryl methyl sites for hydroxylation is 1. The van der Waals surface area contributed by atoms with Gasteiger partial charge in [0.1, 0.15) is 6.04 Å². The lowest BCUT2D eigenvalue weighted by Crippen LogP contribution is -2.54. The molecule has 2 atom stereocenters. The third-order valence-corrected chi connectivity index (χ3v) is 4.24. The minimum absolute atomic E-state index is 0.00483. The molecule has 1 aromatic carbocycles. The number of piperidine rings is 1. The van der Waals surface area contributed by atoms with Gasteiger partial charge in [-0.2, -0.15) is 0 Å². The molecule has 1 aromatic rings. The van der Waals surface area contributed by atoms with E-state index >= 15 is 0 Å². The predicted octanol–water partition coefficient (Wildman–Crippen LogP) is 0.951. The van der Waals surface area contributed by atoms with Crippen LogP contribution in [0.15, 0.2) is 18.2 Å². The van der Waals surface area contributed by atoms with Gasteiger partial charge in [0.15, 0.2) is 18.2 Å². The van der Waals surface area contributed by atoms with Crippen molar-refractivity contribution in [1.29, 1.82) is 0 Å². The number of hydrogen-bond donors (Lipinski definition) is 2. The molecule has 25 heavy (non-hydrogen) atoms. The normalized spacial score (nSPS) is 20.0. The second kappa shape index (κ2) is 7.96. The van der Waals surface area contributed by atoms with Gasteiger partial charge in [0.2, 0.25) is 5.91 Å². The van der Waals surface area contributed by atoms with Crippen LogP contribution in [-0.2, 0) is 14.4 Å². The van der Waals surface area contributed by atoms with Gasteiger partial charge in [-0.15, -0.1) is 0 Å². The first kappa shape index (κ1) is 18.7. The lowest BCUT2D eigenvalue weighted by atomic mass is 9.92. The molecule has 8 heteroatoms. The Kier molecular flexibility index (Phi) is 5.95. The number of carboxylic acids is 1. The minimum Gasteiger partial charge on any atom is -0.481 e. The van der Waals surface area contributed by atoms with Crippen LogP contribution in [0.2, 0.25) is 0 Å². The number of carboxylic acid groups (broad SMARTS) is 1. The van der Waals surface area contributed by atoms with Crippen LogP contribution in [0.25, 0.3) is 0 Å². The van der Waals surface area contributed by atoms with Crippen molar-refractivity contribution in [2.45, 2.75) is 25.8 Å². The Hall–Kier alpha value is -2.64. The Bertz CT molecular complexity index is 679. The number of hydrogen-bond acceptors (Lipinski definition) is 4. The molecule has 1 saturated heterocycles. The van der Waals surface area contributed by atoms with Gasteiger partial charge in [-0.1, -0.05) is 6.07 Å². The van der Waals surface area contributed by atoms with Crippen LogP contribution in [-0.4, -0.2) is 54.0 Å². The number of nitrogens with zero attached hydrogens (tertiary/aromatic N) is 1. The predicted molar refractivity (Wildman–Crippen MR) is 86.6 cm³/mol. The number of nitrogens with one attached hydrogen (secondary N) is 1. The van der Waals surface area contributed by atoms with Crippen molar-refractivity contribution in [1.82, 2.24) is 10.2 Å². The summed E-state index contributed by atoms with van der Waals surface area (Å²) < 4.78 is 18.9. The summed E-state index contributed by atoms with van der Waals surface area (Å²) >= 11 is 0. The fraction of sp³-hybridized carbons (Fsp3) is 0.471. The number of rotatable bonds is 5. The minimum atomic E-state index is -1.13. The van der Waals surface area contributed by atoms with Crippen LogP contribution in [0.4, 0.5) is 4.39 Å². The molecular formula is C17H21FN2O5. The standard InChI is InChI=1S/C17H21FN2O5/c1-10-3-5-12(18)14(7-10)25-9-15(21)20-8-11(16(22)19-2)4-6-13(20)17(23)24/h3,5,7,11,13H,4,6,8-9H2,1-2H3,(H,19,22)(H,23,24)/t11-,13-/m0/s1. The van der Waals surface area contributed by atoms with Crippen LogP contribution in [0.1, 0.15) is 18.4 Å². The molecule has 0 saturated carbocycles. The Morgan fingerprint density at radius 1 is 1.36 bits per heavy atom. The summed E-state index contributed by atoms with van der Waals surface area (Å²) in [6.45, 7) is 1.26. The number of likely N-dealkylation sites (tertiary alicyclic amines) is 1. The molecule has 0 aromatic heterocycles. The monoisotopic (exact) mass is 352 g/mol. The molecule has 1 heterocycles. The molecule has 136 valence electrons. The molecule has 0 bridgehead atoms. The molecule has 0 spiro atoms. The summed E-state index contributed by atoms with van der Waals surface area (Å²) in [5.41, 5.74) is 0.768. The highest BCUT2D eigenvalue weighted by Crippen LogP contribution is 2.24. The van der Waals surface area contributed by atoms with E-state index in [1.54, 1.807) is 13.0 Å². The first-order valence-corrected chi connectivity index (χ1v) is 7.96. The van der Waals surface area contributed by atoms with Gasteiger partial charge in [-0.3, -0.25) is 9.59 Å². The smallest absolute Gasteiger partial charge is 0.326 e. The summed E-state index contributed by atoms with van der Waals surface area (Å²) in [5, 5.41) is 11.8. The molecule has 1 fully saturated rings. The number of carbonyl (C=O) groups excluding carboxylic acids is 2. The number of ether oxygens (including phenoxy) is 1. The van der Waals surface area contributed by atoms with Crippen LogP contribution < -0.4 is 10.1 Å². The maximum Gasteiger partial charge on any atom is 0.326 e. The number of benzene rings is 1. The summed E-state index contributed by atoms with van der Waals surface area (Å²) in [4.78, 5) is 36.7. The largest absolute Gasteiger partial charge is 0.481 e. The van der Waals surface area contributed by atoms with E-state index in [1.807, 2.05) is 0 Å². The highest BCUT2D eigenvalue weighted by atomic mass is 19.1. The molecule has 1 aliphatic heterocycles. The number of halogens is 1. The van der Waals surface area contributed by atoms with Crippen LogP contribution in [0.3, 0.4) is 0 Å². The summed E-state index contributed by atoms with van der Waals surface area (Å²) in [6.07, 6.45) is 0.561. The number of aliphatic carboxylic acids is 1. The average molecular weight is 352 g/mol. The maximum absolute atomic E-state index is 13.7. The zero-order valence-corrected chi connectivity index (χ0v) is 14.1. The van der Waals surface area contributed by atoms with E-state index in [1.165, 1.54) is 19.2 Å². The molecule has 1 aliphatic rings. The van der Waals surface area contributed by atoms with E-state index in [-0.39, 0.29) is 24.6 Å². The van der Waals surface area contributed by atoms with Gasteiger partial charge in [0.25, 0.3) is 5.91 Å². The molecule has 7 nitrogen and oxygen atoms in total. The lowest BCUT2D eigenvalue weighted by molar-refractivity contribution is -0.155. The third-order valence-electron chi connectivity index (χ3n) is 4.24. The lowest BCUT2D eigenvalue weighted by Gasteiger charge is -2.36. The van der Waals surface area contributed by atoms with E-state index in [2.05, 4.69) is 5.32 Å². The van der Waals surface area contributed by atoms with E-state index in [4.69, 9.17) is 4.74 Å². The van der Waals surface area contributed by atoms with Crippen molar-refractivity contribution in [3.63, 3.8) is 0 Å². The zero-order chi connectivity index (χ0) is 18.6. The van der Waals surface area contributed by atoms with Crippen LogP contribution in [0.5, 0.6) is 5.75 Å². The Balaban J connectivity index is 2.08. The molecule has 2 amide bonds. The summed E-state index contributed by atoms with van der Waals surface area (Å²) in [5.74, 6) is -3.12. The van der Waals surface area contributed by atoms with Gasteiger partial charge >= 0.3 is 5.97 Å².